The molecule has 6 heteroatoms. The van der Waals surface area contributed by atoms with E-state index in [1.165, 1.54) is 11.8 Å². The van der Waals surface area contributed by atoms with Crippen LogP contribution in [0.15, 0.2) is 59.8 Å². The largest absolute Gasteiger partial charge is 0.263 e. The molecule has 2 aromatic rings. The molecule has 1 aliphatic heterocycles. The third-order valence-electron chi connectivity index (χ3n) is 3.74. The molecule has 4 nitrogen and oxygen atoms in total. The maximum Gasteiger partial charge on any atom is 0.244 e. The number of sulfonamides is 1. The van der Waals surface area contributed by atoms with Crippen LogP contribution in [0.2, 0.25) is 0 Å². The first kappa shape index (κ1) is 15.5. The number of nitrogens with zero attached hydrogens (tertiary/aromatic N) is 2. The molecule has 0 spiro atoms. The van der Waals surface area contributed by atoms with E-state index in [2.05, 4.69) is 17.1 Å². The smallest absolute Gasteiger partial charge is 0.244 e. The zero-order chi connectivity index (χ0) is 15.4. The van der Waals surface area contributed by atoms with E-state index in [9.17, 15) is 8.42 Å². The molecule has 1 saturated heterocycles. The van der Waals surface area contributed by atoms with Gasteiger partial charge in [0.25, 0.3) is 0 Å². The van der Waals surface area contributed by atoms with E-state index in [1.54, 1.807) is 22.6 Å². The molecule has 1 aliphatic rings. The second-order valence-electron chi connectivity index (χ2n) is 5.15. The highest BCUT2D eigenvalue weighted by Crippen LogP contribution is 2.35. The summed E-state index contributed by atoms with van der Waals surface area (Å²) >= 11 is 1.83. The summed E-state index contributed by atoms with van der Waals surface area (Å²) in [5.41, 5.74) is 1.27. The molecule has 0 bridgehead atoms. The van der Waals surface area contributed by atoms with Crippen LogP contribution in [0.4, 0.5) is 0 Å². The maximum atomic E-state index is 12.7. The van der Waals surface area contributed by atoms with Gasteiger partial charge in [0.15, 0.2) is 0 Å². The fourth-order valence-electron chi connectivity index (χ4n) is 2.57. The Kier molecular flexibility index (Phi) is 4.81. The first-order valence-corrected chi connectivity index (χ1v) is 9.73. The maximum absolute atomic E-state index is 12.7. The summed E-state index contributed by atoms with van der Waals surface area (Å²) in [4.78, 5) is 4.20. The molecule has 22 heavy (non-hydrogen) atoms. The second-order valence-corrected chi connectivity index (χ2v) is 8.40. The van der Waals surface area contributed by atoms with Crippen molar-refractivity contribution in [1.29, 1.82) is 0 Å². The van der Waals surface area contributed by atoms with E-state index in [0.29, 0.717) is 18.3 Å². The lowest BCUT2D eigenvalue weighted by atomic mass is 10.1. The van der Waals surface area contributed by atoms with Crippen molar-refractivity contribution < 1.29 is 8.42 Å². The summed E-state index contributed by atoms with van der Waals surface area (Å²) in [6.45, 7) is 1.09. The molecule has 0 radical (unpaired) electrons. The molecule has 1 aromatic heterocycles. The summed E-state index contributed by atoms with van der Waals surface area (Å²) in [6.07, 6.45) is 3.83. The highest BCUT2D eigenvalue weighted by atomic mass is 32.2. The first-order chi connectivity index (χ1) is 10.7. The van der Waals surface area contributed by atoms with Crippen LogP contribution in [-0.2, 0) is 10.0 Å². The number of thioether (sulfide) groups is 1. The quantitative estimate of drug-likeness (QED) is 0.866. The van der Waals surface area contributed by atoms with Crippen molar-refractivity contribution in [1.82, 2.24) is 9.29 Å². The van der Waals surface area contributed by atoms with Gasteiger partial charge in [-0.05, 0) is 24.1 Å². The second kappa shape index (κ2) is 6.81. The van der Waals surface area contributed by atoms with Crippen molar-refractivity contribution in [2.75, 3.05) is 18.8 Å². The zero-order valence-electron chi connectivity index (χ0n) is 12.1. The summed E-state index contributed by atoms with van der Waals surface area (Å²) in [5, 5.41) is 0.357. The van der Waals surface area contributed by atoms with Crippen LogP contribution in [-0.4, -0.2) is 36.5 Å². The fourth-order valence-corrected chi connectivity index (χ4v) is 5.34. The lowest BCUT2D eigenvalue weighted by Gasteiger charge is -2.19. The Morgan fingerprint density at radius 2 is 1.91 bits per heavy atom. The van der Waals surface area contributed by atoms with Crippen molar-refractivity contribution in [2.24, 2.45) is 0 Å². The summed E-state index contributed by atoms with van der Waals surface area (Å²) in [6, 6.07) is 13.6. The van der Waals surface area contributed by atoms with Crippen molar-refractivity contribution in [2.45, 2.75) is 16.6 Å². The van der Waals surface area contributed by atoms with E-state index in [0.717, 1.165) is 12.2 Å². The Morgan fingerprint density at radius 3 is 2.64 bits per heavy atom. The van der Waals surface area contributed by atoms with Gasteiger partial charge in [-0.1, -0.05) is 30.3 Å². The Bertz CT molecular complexity index is 705. The van der Waals surface area contributed by atoms with Crippen LogP contribution in [0, 0.1) is 0 Å². The minimum atomic E-state index is -3.43. The van der Waals surface area contributed by atoms with Crippen molar-refractivity contribution >= 4 is 21.8 Å². The molecule has 1 aromatic carbocycles. The van der Waals surface area contributed by atoms with Crippen LogP contribution in [0.3, 0.4) is 0 Å². The van der Waals surface area contributed by atoms with Crippen molar-refractivity contribution in [3.05, 3.63) is 60.4 Å². The molecule has 0 N–H and O–H groups in total. The molecule has 0 aliphatic carbocycles. The van der Waals surface area contributed by atoms with Gasteiger partial charge in [-0.15, -0.1) is 0 Å². The zero-order valence-corrected chi connectivity index (χ0v) is 13.8. The molecular formula is C16H18N2O2S2. The standard InChI is InChI=1S/C16H18N2O2S2/c19-22(20,15-7-4-9-17-13-15)18-10-8-16(21-12-11-18)14-5-2-1-3-6-14/h1-7,9,13,16H,8,10-12H2/t16-/m0/s1. The molecular weight excluding hydrogens is 316 g/mol. The van der Waals surface area contributed by atoms with E-state index < -0.39 is 10.0 Å². The molecule has 0 unspecified atom stereocenters. The monoisotopic (exact) mass is 334 g/mol. The average Bonchev–Trinajstić information content (AvgIpc) is 2.83. The average molecular weight is 334 g/mol. The van der Waals surface area contributed by atoms with Gasteiger partial charge < -0.3 is 0 Å². The fraction of sp³-hybridized carbons (Fsp3) is 0.312. The third-order valence-corrected chi connectivity index (χ3v) is 6.95. The SMILES string of the molecule is O=S(=O)(c1cccnc1)N1CCS[C@H](c2ccccc2)CC1. The lowest BCUT2D eigenvalue weighted by molar-refractivity contribution is 0.428. The normalized spacial score (nSPS) is 20.5. The molecule has 1 fully saturated rings. The molecule has 116 valence electrons. The predicted molar refractivity (Wildman–Crippen MR) is 89.3 cm³/mol. The summed E-state index contributed by atoms with van der Waals surface area (Å²) < 4.78 is 26.9. The van der Waals surface area contributed by atoms with Crippen molar-refractivity contribution in [3.8, 4) is 0 Å². The lowest BCUT2D eigenvalue weighted by Crippen LogP contribution is -2.33. The van der Waals surface area contributed by atoms with Crippen LogP contribution in [0.1, 0.15) is 17.2 Å². The van der Waals surface area contributed by atoms with Crippen LogP contribution in [0.5, 0.6) is 0 Å². The Morgan fingerprint density at radius 1 is 1.09 bits per heavy atom. The molecule has 0 amide bonds. The van der Waals surface area contributed by atoms with E-state index in [-0.39, 0.29) is 4.90 Å². The van der Waals surface area contributed by atoms with Gasteiger partial charge in [0.2, 0.25) is 10.0 Å². The summed E-state index contributed by atoms with van der Waals surface area (Å²) in [5.74, 6) is 0.805. The highest BCUT2D eigenvalue weighted by molar-refractivity contribution is 7.99. The molecule has 2 heterocycles. The third kappa shape index (κ3) is 3.34. The number of pyridine rings is 1. The topological polar surface area (TPSA) is 50.3 Å². The van der Waals surface area contributed by atoms with E-state index >= 15 is 0 Å². The van der Waals surface area contributed by atoms with Gasteiger partial charge in [-0.25, -0.2) is 8.42 Å². The van der Waals surface area contributed by atoms with Gasteiger partial charge >= 0.3 is 0 Å². The van der Waals surface area contributed by atoms with Gasteiger partial charge in [0.1, 0.15) is 4.90 Å². The van der Waals surface area contributed by atoms with Gasteiger partial charge in [0, 0.05) is 36.5 Å². The van der Waals surface area contributed by atoms with Crippen LogP contribution >= 0.6 is 11.8 Å². The summed E-state index contributed by atoms with van der Waals surface area (Å²) in [7, 11) is -3.43. The number of rotatable bonds is 3. The van der Waals surface area contributed by atoms with Gasteiger partial charge in [0.05, 0.1) is 0 Å². The predicted octanol–water partition coefficient (Wildman–Crippen LogP) is 2.95. The molecule has 0 saturated carbocycles. The Labute approximate surface area is 135 Å². The number of hydrogen-bond donors (Lipinski definition) is 0. The first-order valence-electron chi connectivity index (χ1n) is 7.24. The molecule has 1 atom stereocenters. The van der Waals surface area contributed by atoms with E-state index in [4.69, 9.17) is 0 Å². The highest BCUT2D eigenvalue weighted by Gasteiger charge is 2.28. The molecule has 3 rings (SSSR count). The number of hydrogen-bond acceptors (Lipinski definition) is 4. The minimum Gasteiger partial charge on any atom is -0.263 e. The Hall–Kier alpha value is -1.37. The van der Waals surface area contributed by atoms with Gasteiger partial charge in [-0.2, -0.15) is 16.1 Å². The Balaban J connectivity index is 1.76. The minimum absolute atomic E-state index is 0.276. The van der Waals surface area contributed by atoms with Crippen LogP contribution in [0.25, 0.3) is 0 Å². The van der Waals surface area contributed by atoms with E-state index in [1.807, 2.05) is 30.0 Å². The van der Waals surface area contributed by atoms with Crippen molar-refractivity contribution in [3.63, 3.8) is 0 Å². The van der Waals surface area contributed by atoms with Gasteiger partial charge in [-0.3, -0.25) is 4.98 Å². The van der Waals surface area contributed by atoms with Crippen LogP contribution < -0.4 is 0 Å². The number of aromatic nitrogens is 1. The number of benzene rings is 1.